The summed E-state index contributed by atoms with van der Waals surface area (Å²) in [4.78, 5) is 1.51. The first-order valence-corrected chi connectivity index (χ1v) is 6.48. The lowest BCUT2D eigenvalue weighted by atomic mass is 10.1. The van der Waals surface area contributed by atoms with Crippen molar-refractivity contribution in [1.82, 2.24) is 0 Å². The predicted molar refractivity (Wildman–Crippen MR) is 73.0 cm³/mol. The lowest BCUT2D eigenvalue weighted by Crippen LogP contribution is -2.18. The Morgan fingerprint density at radius 1 is 1.00 bits per heavy atom. The van der Waals surface area contributed by atoms with E-state index in [4.69, 9.17) is 11.1 Å². The van der Waals surface area contributed by atoms with E-state index in [9.17, 15) is 13.2 Å². The topological polar surface area (TPSA) is 49.9 Å². The van der Waals surface area contributed by atoms with Crippen molar-refractivity contribution in [3.05, 3.63) is 59.7 Å². The fourth-order valence-electron chi connectivity index (χ4n) is 1.68. The lowest BCUT2D eigenvalue weighted by Gasteiger charge is -2.13. The van der Waals surface area contributed by atoms with E-state index in [-0.39, 0.29) is 5.56 Å². The molecule has 0 unspecified atom stereocenters. The van der Waals surface area contributed by atoms with E-state index in [1.165, 1.54) is 23.9 Å². The molecule has 0 heterocycles. The van der Waals surface area contributed by atoms with Crippen molar-refractivity contribution >= 4 is 17.6 Å². The molecule has 0 saturated carbocycles. The molecule has 2 aromatic carbocycles. The van der Waals surface area contributed by atoms with E-state index < -0.39 is 17.6 Å². The Morgan fingerprint density at radius 2 is 1.65 bits per heavy atom. The zero-order valence-electron chi connectivity index (χ0n) is 10.2. The minimum Gasteiger partial charge on any atom is -0.384 e. The van der Waals surface area contributed by atoms with Crippen LogP contribution in [0.2, 0.25) is 0 Å². The van der Waals surface area contributed by atoms with E-state index in [0.29, 0.717) is 4.90 Å². The quantitative estimate of drug-likeness (QED) is 0.660. The molecule has 0 amide bonds. The monoisotopic (exact) mass is 296 g/mol. The molecule has 2 nitrogen and oxygen atoms in total. The molecule has 0 radical (unpaired) electrons. The second-order valence-corrected chi connectivity index (χ2v) is 5.18. The smallest absolute Gasteiger partial charge is 0.384 e. The van der Waals surface area contributed by atoms with E-state index >= 15 is 0 Å². The van der Waals surface area contributed by atoms with Crippen LogP contribution < -0.4 is 5.73 Å². The Hall–Kier alpha value is -1.95. The zero-order valence-corrected chi connectivity index (χ0v) is 11.1. The summed E-state index contributed by atoms with van der Waals surface area (Å²) in [7, 11) is 0. The molecule has 0 aliphatic heterocycles. The Bertz CT molecular complexity index is 624. The summed E-state index contributed by atoms with van der Waals surface area (Å²) >= 11 is 1.32. The van der Waals surface area contributed by atoms with Gasteiger partial charge in [-0.15, -0.1) is 0 Å². The first-order valence-electron chi connectivity index (χ1n) is 5.66. The molecule has 2 rings (SSSR count). The van der Waals surface area contributed by atoms with Crippen LogP contribution in [0.25, 0.3) is 0 Å². The summed E-state index contributed by atoms with van der Waals surface area (Å²) in [6, 6.07) is 12.9. The predicted octanol–water partition coefficient (Wildman–Crippen LogP) is 4.14. The van der Waals surface area contributed by atoms with Gasteiger partial charge in [-0.2, -0.15) is 13.2 Å². The Morgan fingerprint density at radius 3 is 2.20 bits per heavy atom. The van der Waals surface area contributed by atoms with Gasteiger partial charge in [0.05, 0.1) is 5.56 Å². The number of nitrogen functional groups attached to an aromatic ring is 1. The summed E-state index contributed by atoms with van der Waals surface area (Å²) in [6.45, 7) is 0. The number of halogens is 3. The van der Waals surface area contributed by atoms with Crippen molar-refractivity contribution < 1.29 is 13.2 Å². The minimum absolute atomic E-state index is 0.293. The van der Waals surface area contributed by atoms with Crippen LogP contribution in [0.5, 0.6) is 0 Å². The summed E-state index contributed by atoms with van der Waals surface area (Å²) in [5.74, 6) is -0.590. The van der Waals surface area contributed by atoms with Gasteiger partial charge in [0.2, 0.25) is 0 Å². The molecule has 6 heteroatoms. The van der Waals surface area contributed by atoms with Crippen molar-refractivity contribution in [2.75, 3.05) is 0 Å². The van der Waals surface area contributed by atoms with Crippen molar-refractivity contribution in [1.29, 1.82) is 5.41 Å². The fourth-order valence-corrected chi connectivity index (χ4v) is 2.56. The van der Waals surface area contributed by atoms with E-state index in [1.54, 1.807) is 0 Å². The fraction of sp³-hybridized carbons (Fsp3) is 0.0714. The maximum atomic E-state index is 12.8. The van der Waals surface area contributed by atoms with Crippen LogP contribution in [-0.2, 0) is 6.18 Å². The largest absolute Gasteiger partial charge is 0.417 e. The molecule has 0 spiro atoms. The highest BCUT2D eigenvalue weighted by molar-refractivity contribution is 7.99. The molecule has 2 aromatic rings. The molecular weight excluding hydrogens is 285 g/mol. The van der Waals surface area contributed by atoms with Gasteiger partial charge in [-0.1, -0.05) is 30.0 Å². The summed E-state index contributed by atoms with van der Waals surface area (Å²) in [5.41, 5.74) is 4.07. The van der Waals surface area contributed by atoms with Gasteiger partial charge < -0.3 is 5.73 Å². The normalized spacial score (nSPS) is 11.3. The second-order valence-electron chi connectivity index (χ2n) is 4.03. The molecule has 0 bridgehead atoms. The molecular formula is C14H11F3N2S. The molecule has 104 valence electrons. The maximum Gasteiger partial charge on any atom is 0.417 e. The highest BCUT2D eigenvalue weighted by Gasteiger charge is 2.34. The SMILES string of the molecule is N=C(N)c1cc(Sc2ccccc2)ccc1C(F)(F)F. The van der Waals surface area contributed by atoms with Crippen molar-refractivity contribution in [2.45, 2.75) is 16.0 Å². The van der Waals surface area contributed by atoms with Crippen LogP contribution >= 0.6 is 11.8 Å². The standard InChI is InChI=1S/C14H11F3N2S/c15-14(16,17)12-7-6-10(8-11(12)13(18)19)20-9-4-2-1-3-5-9/h1-8H,(H3,18,19). The Labute approximate surface area is 118 Å². The molecule has 0 saturated heterocycles. The first-order chi connectivity index (χ1) is 9.38. The van der Waals surface area contributed by atoms with Gasteiger partial charge in [0.15, 0.2) is 0 Å². The third-order valence-corrected chi connectivity index (χ3v) is 3.56. The van der Waals surface area contributed by atoms with Crippen LogP contribution in [0.1, 0.15) is 11.1 Å². The van der Waals surface area contributed by atoms with E-state index in [2.05, 4.69) is 0 Å². The minimum atomic E-state index is -4.52. The molecule has 20 heavy (non-hydrogen) atoms. The van der Waals surface area contributed by atoms with Crippen molar-refractivity contribution in [3.8, 4) is 0 Å². The van der Waals surface area contributed by atoms with E-state index in [1.807, 2.05) is 30.3 Å². The van der Waals surface area contributed by atoms with Crippen molar-refractivity contribution in [3.63, 3.8) is 0 Å². The van der Waals surface area contributed by atoms with Gasteiger partial charge >= 0.3 is 6.18 Å². The maximum absolute atomic E-state index is 12.8. The molecule has 0 fully saturated rings. The summed E-state index contributed by atoms with van der Waals surface area (Å²) in [5, 5.41) is 7.30. The van der Waals surface area contributed by atoms with Crippen LogP contribution in [-0.4, -0.2) is 5.84 Å². The summed E-state index contributed by atoms with van der Waals surface area (Å²) < 4.78 is 38.4. The van der Waals surface area contributed by atoms with Crippen LogP contribution in [0, 0.1) is 5.41 Å². The van der Waals surface area contributed by atoms with Gasteiger partial charge in [0.1, 0.15) is 5.84 Å². The van der Waals surface area contributed by atoms with Gasteiger partial charge in [0.25, 0.3) is 0 Å². The number of rotatable bonds is 3. The highest BCUT2D eigenvalue weighted by Crippen LogP contribution is 2.35. The number of nitrogens with one attached hydrogen (secondary N) is 1. The number of hydrogen-bond donors (Lipinski definition) is 2. The van der Waals surface area contributed by atoms with Crippen LogP contribution in [0.3, 0.4) is 0 Å². The molecule has 0 atom stereocenters. The van der Waals surface area contributed by atoms with E-state index in [0.717, 1.165) is 11.0 Å². The van der Waals surface area contributed by atoms with Gasteiger partial charge in [0, 0.05) is 15.4 Å². The van der Waals surface area contributed by atoms with Gasteiger partial charge in [-0.25, -0.2) is 0 Å². The zero-order chi connectivity index (χ0) is 14.8. The average molecular weight is 296 g/mol. The van der Waals surface area contributed by atoms with Gasteiger partial charge in [-0.05, 0) is 30.3 Å². The molecule has 3 N–H and O–H groups in total. The average Bonchev–Trinajstić information content (AvgIpc) is 2.38. The highest BCUT2D eigenvalue weighted by atomic mass is 32.2. The Balaban J connectivity index is 2.38. The number of benzene rings is 2. The lowest BCUT2D eigenvalue weighted by molar-refractivity contribution is -0.137. The second kappa shape index (κ2) is 5.58. The van der Waals surface area contributed by atoms with Gasteiger partial charge in [-0.3, -0.25) is 5.41 Å². The molecule has 0 aromatic heterocycles. The summed E-state index contributed by atoms with van der Waals surface area (Å²) in [6.07, 6.45) is -4.52. The van der Waals surface area contributed by atoms with Crippen LogP contribution in [0.15, 0.2) is 58.3 Å². The number of nitrogens with two attached hydrogens (primary N) is 1. The molecule has 0 aliphatic rings. The third kappa shape index (κ3) is 3.33. The number of hydrogen-bond acceptors (Lipinski definition) is 2. The van der Waals surface area contributed by atoms with Crippen molar-refractivity contribution in [2.24, 2.45) is 5.73 Å². The molecule has 0 aliphatic carbocycles. The Kier molecular flexibility index (Phi) is 4.04. The third-order valence-electron chi connectivity index (χ3n) is 2.57. The number of alkyl halides is 3. The first kappa shape index (κ1) is 14.5. The number of amidine groups is 1. The van der Waals surface area contributed by atoms with Crippen LogP contribution in [0.4, 0.5) is 13.2 Å².